The zero-order chi connectivity index (χ0) is 20.2. The van der Waals surface area contributed by atoms with E-state index in [1.54, 1.807) is 0 Å². The molecule has 0 fully saturated rings. The van der Waals surface area contributed by atoms with Gasteiger partial charge in [-0.2, -0.15) is 13.2 Å². The minimum Gasteiger partial charge on any atom is -0.368 e. The van der Waals surface area contributed by atoms with Crippen molar-refractivity contribution in [2.45, 2.75) is 25.1 Å². The Morgan fingerprint density at radius 3 is 2.19 bits per heavy atom. The summed E-state index contributed by atoms with van der Waals surface area (Å²) in [5.41, 5.74) is 4.64. The molecule has 1 atom stereocenters. The molecule has 3 N–H and O–H groups in total. The maximum atomic E-state index is 13.6. The average Bonchev–Trinajstić information content (AvgIpc) is 2.56. The van der Waals surface area contributed by atoms with Crippen LogP contribution in [0.25, 0.3) is 0 Å². The molecule has 2 aromatic carbocycles. The fraction of sp³-hybridized carbons (Fsp3) is 0.222. The highest BCUT2D eigenvalue weighted by Gasteiger charge is 2.30. The SMILES string of the molecule is NC(=O)[C@@H](Cc1ccc(C(F)(F)F)cc1)NC(=O)Cc1ccc(F)cc1F. The van der Waals surface area contributed by atoms with E-state index in [-0.39, 0.29) is 12.0 Å². The largest absolute Gasteiger partial charge is 0.416 e. The van der Waals surface area contributed by atoms with Gasteiger partial charge in [0.05, 0.1) is 12.0 Å². The van der Waals surface area contributed by atoms with E-state index in [4.69, 9.17) is 5.73 Å². The number of benzene rings is 2. The van der Waals surface area contributed by atoms with Gasteiger partial charge in [-0.15, -0.1) is 0 Å². The Bertz CT molecular complexity index is 835. The fourth-order valence-corrected chi connectivity index (χ4v) is 2.37. The van der Waals surface area contributed by atoms with Crippen molar-refractivity contribution in [2.24, 2.45) is 5.73 Å². The first-order valence-electron chi connectivity index (χ1n) is 7.75. The molecule has 0 radical (unpaired) electrons. The number of hydrogen-bond donors (Lipinski definition) is 2. The van der Waals surface area contributed by atoms with Crippen molar-refractivity contribution in [2.75, 3.05) is 0 Å². The third-order valence-electron chi connectivity index (χ3n) is 3.77. The summed E-state index contributed by atoms with van der Waals surface area (Å²) in [7, 11) is 0. The summed E-state index contributed by atoms with van der Waals surface area (Å²) in [6.45, 7) is 0. The van der Waals surface area contributed by atoms with E-state index in [1.165, 1.54) is 12.1 Å². The molecule has 0 spiro atoms. The third-order valence-corrected chi connectivity index (χ3v) is 3.77. The first-order chi connectivity index (χ1) is 12.6. The molecule has 2 amide bonds. The molecular formula is C18H15F5N2O2. The topological polar surface area (TPSA) is 72.2 Å². The molecule has 27 heavy (non-hydrogen) atoms. The second-order valence-corrected chi connectivity index (χ2v) is 5.83. The summed E-state index contributed by atoms with van der Waals surface area (Å²) >= 11 is 0. The van der Waals surface area contributed by atoms with Gasteiger partial charge in [0.25, 0.3) is 0 Å². The van der Waals surface area contributed by atoms with Crippen LogP contribution >= 0.6 is 0 Å². The molecule has 0 heterocycles. The van der Waals surface area contributed by atoms with Crippen molar-refractivity contribution in [1.82, 2.24) is 5.32 Å². The van der Waals surface area contributed by atoms with Crippen LogP contribution in [0.3, 0.4) is 0 Å². The number of amides is 2. The molecule has 144 valence electrons. The molecule has 0 aliphatic rings. The van der Waals surface area contributed by atoms with Crippen LogP contribution in [0.4, 0.5) is 22.0 Å². The fourth-order valence-electron chi connectivity index (χ4n) is 2.37. The second-order valence-electron chi connectivity index (χ2n) is 5.83. The smallest absolute Gasteiger partial charge is 0.368 e. The van der Waals surface area contributed by atoms with E-state index in [9.17, 15) is 31.5 Å². The van der Waals surface area contributed by atoms with Gasteiger partial charge >= 0.3 is 6.18 Å². The monoisotopic (exact) mass is 386 g/mol. The summed E-state index contributed by atoms with van der Waals surface area (Å²) in [6, 6.07) is 5.55. The van der Waals surface area contributed by atoms with Crippen LogP contribution in [0.2, 0.25) is 0 Å². The number of halogens is 5. The highest BCUT2D eigenvalue weighted by Crippen LogP contribution is 2.29. The molecule has 0 aliphatic carbocycles. The Morgan fingerprint density at radius 1 is 1.04 bits per heavy atom. The van der Waals surface area contributed by atoms with E-state index in [0.717, 1.165) is 24.3 Å². The maximum Gasteiger partial charge on any atom is 0.416 e. The zero-order valence-corrected chi connectivity index (χ0v) is 13.8. The Kier molecular flexibility index (Phi) is 6.14. The Morgan fingerprint density at radius 2 is 1.67 bits per heavy atom. The maximum absolute atomic E-state index is 13.6. The van der Waals surface area contributed by atoms with E-state index in [1.807, 2.05) is 0 Å². The molecular weight excluding hydrogens is 371 g/mol. The van der Waals surface area contributed by atoms with Crippen LogP contribution in [0, 0.1) is 11.6 Å². The van der Waals surface area contributed by atoms with Crippen molar-refractivity contribution >= 4 is 11.8 Å². The number of rotatable bonds is 6. The highest BCUT2D eigenvalue weighted by atomic mass is 19.4. The predicted octanol–water partition coefficient (Wildman–Crippen LogP) is 2.74. The molecule has 0 unspecified atom stereocenters. The van der Waals surface area contributed by atoms with Gasteiger partial charge in [-0.05, 0) is 29.3 Å². The number of alkyl halides is 3. The van der Waals surface area contributed by atoms with E-state index < -0.39 is 47.7 Å². The number of carbonyl (C=O) groups is 2. The standard InChI is InChI=1S/C18H15F5N2O2/c19-13-6-3-11(14(20)9-13)8-16(26)25-15(17(24)27)7-10-1-4-12(5-2-10)18(21,22)23/h1-6,9,15H,7-8H2,(H2,24,27)(H,25,26)/t15-/m1/s1. The van der Waals surface area contributed by atoms with Gasteiger partial charge in [0.2, 0.25) is 11.8 Å². The molecule has 9 heteroatoms. The van der Waals surface area contributed by atoms with Gasteiger partial charge in [-0.3, -0.25) is 9.59 Å². The molecule has 2 aromatic rings. The molecule has 0 bridgehead atoms. The van der Waals surface area contributed by atoms with Gasteiger partial charge in [-0.25, -0.2) is 8.78 Å². The number of nitrogens with two attached hydrogens (primary N) is 1. The van der Waals surface area contributed by atoms with Crippen molar-refractivity contribution < 1.29 is 31.5 Å². The number of hydrogen-bond acceptors (Lipinski definition) is 2. The lowest BCUT2D eigenvalue weighted by Crippen LogP contribution is -2.46. The van der Waals surface area contributed by atoms with Gasteiger partial charge < -0.3 is 11.1 Å². The second kappa shape index (κ2) is 8.15. The molecule has 4 nitrogen and oxygen atoms in total. The normalized spacial score (nSPS) is 12.5. The van der Waals surface area contributed by atoms with Gasteiger partial charge in [0, 0.05) is 12.5 Å². The molecule has 0 saturated carbocycles. The summed E-state index contributed by atoms with van der Waals surface area (Å²) < 4.78 is 64.1. The summed E-state index contributed by atoms with van der Waals surface area (Å²) in [5.74, 6) is -3.35. The zero-order valence-electron chi connectivity index (χ0n) is 13.8. The average molecular weight is 386 g/mol. The highest BCUT2D eigenvalue weighted by molar-refractivity contribution is 5.87. The first kappa shape index (κ1) is 20.3. The van der Waals surface area contributed by atoms with Crippen molar-refractivity contribution in [1.29, 1.82) is 0 Å². The predicted molar refractivity (Wildman–Crippen MR) is 86.3 cm³/mol. The van der Waals surface area contributed by atoms with Gasteiger partial charge in [0.1, 0.15) is 17.7 Å². The van der Waals surface area contributed by atoms with E-state index >= 15 is 0 Å². The Hall–Kier alpha value is -2.97. The van der Waals surface area contributed by atoms with Crippen LogP contribution in [0.5, 0.6) is 0 Å². The van der Waals surface area contributed by atoms with Crippen LogP contribution in [-0.4, -0.2) is 17.9 Å². The number of primary amides is 1. The van der Waals surface area contributed by atoms with Crippen LogP contribution in [0.1, 0.15) is 16.7 Å². The van der Waals surface area contributed by atoms with Crippen LogP contribution in [0.15, 0.2) is 42.5 Å². The summed E-state index contributed by atoms with van der Waals surface area (Å²) in [4.78, 5) is 23.5. The lowest BCUT2D eigenvalue weighted by molar-refractivity contribution is -0.137. The number of carbonyl (C=O) groups excluding carboxylic acids is 2. The lowest BCUT2D eigenvalue weighted by Gasteiger charge is -2.16. The van der Waals surface area contributed by atoms with Crippen molar-refractivity contribution in [3.05, 3.63) is 70.8 Å². The molecule has 0 aromatic heterocycles. The molecule has 0 aliphatic heterocycles. The lowest BCUT2D eigenvalue weighted by atomic mass is 10.0. The van der Waals surface area contributed by atoms with Gasteiger partial charge in [-0.1, -0.05) is 18.2 Å². The minimum absolute atomic E-state index is 0.0772. The molecule has 2 rings (SSSR count). The summed E-state index contributed by atoms with van der Waals surface area (Å²) in [6.07, 6.45) is -5.08. The Labute approximate surface area is 151 Å². The van der Waals surface area contributed by atoms with Crippen LogP contribution in [-0.2, 0) is 28.6 Å². The summed E-state index contributed by atoms with van der Waals surface area (Å²) in [5, 5.41) is 2.30. The quantitative estimate of drug-likeness (QED) is 0.750. The van der Waals surface area contributed by atoms with Gasteiger partial charge in [0.15, 0.2) is 0 Å². The van der Waals surface area contributed by atoms with E-state index in [2.05, 4.69) is 5.32 Å². The first-order valence-corrected chi connectivity index (χ1v) is 7.75. The van der Waals surface area contributed by atoms with Crippen molar-refractivity contribution in [3.8, 4) is 0 Å². The van der Waals surface area contributed by atoms with Crippen molar-refractivity contribution in [3.63, 3.8) is 0 Å². The number of nitrogens with one attached hydrogen (secondary N) is 1. The van der Waals surface area contributed by atoms with Crippen LogP contribution < -0.4 is 11.1 Å². The third kappa shape index (κ3) is 5.77. The molecule has 0 saturated heterocycles. The Balaban J connectivity index is 2.04. The minimum atomic E-state index is -4.49. The van der Waals surface area contributed by atoms with E-state index in [0.29, 0.717) is 11.6 Å².